The van der Waals surface area contributed by atoms with Crippen LogP contribution in [0.5, 0.6) is 0 Å². The molecule has 112 valence electrons. The minimum Gasteiger partial charge on any atom is -0.352 e. The summed E-state index contributed by atoms with van der Waals surface area (Å²) < 4.78 is 2.02. The molecule has 1 aliphatic rings. The van der Waals surface area contributed by atoms with Crippen molar-refractivity contribution in [2.75, 3.05) is 0 Å². The number of benzene rings is 1. The molecule has 0 bridgehead atoms. The summed E-state index contributed by atoms with van der Waals surface area (Å²) in [5, 5.41) is 3.71. The van der Waals surface area contributed by atoms with Gasteiger partial charge in [0.1, 0.15) is 0 Å². The highest BCUT2D eigenvalue weighted by Gasteiger charge is 2.22. The molecule has 0 aliphatic heterocycles. The van der Waals surface area contributed by atoms with Gasteiger partial charge in [-0.2, -0.15) is 0 Å². The fraction of sp³-hybridized carbons (Fsp3) is 0.467. The number of hydrogen-bond acceptors (Lipinski definition) is 4. The normalized spacial score (nSPS) is 17.2. The number of hydrogen-bond donors (Lipinski definition) is 1. The number of nitrogens with zero attached hydrogens (tertiary/aromatic N) is 1. The van der Waals surface area contributed by atoms with Gasteiger partial charge in [-0.05, 0) is 38.0 Å². The Bertz CT molecular complexity index is 652. The fourth-order valence-electron chi connectivity index (χ4n) is 2.52. The molecule has 3 nitrogen and oxygen atoms in total. The zero-order valence-corrected chi connectivity index (χ0v) is 14.2. The lowest BCUT2D eigenvalue weighted by atomic mass is 10.2. The number of carbonyl (C=O) groups excluding carboxylic acids is 1. The lowest BCUT2D eigenvalue weighted by Crippen LogP contribution is -2.37. The van der Waals surface area contributed by atoms with Crippen molar-refractivity contribution in [3.8, 4) is 0 Å². The molecule has 1 atom stereocenters. The molecule has 3 rings (SSSR count). The largest absolute Gasteiger partial charge is 0.352 e. The van der Waals surface area contributed by atoms with Crippen LogP contribution in [-0.2, 0) is 4.79 Å². The number of carbonyl (C=O) groups is 1. The van der Waals surface area contributed by atoms with Crippen molar-refractivity contribution in [3.05, 3.63) is 23.2 Å². The molecule has 1 saturated carbocycles. The van der Waals surface area contributed by atoms with E-state index < -0.39 is 0 Å². The summed E-state index contributed by atoms with van der Waals surface area (Å²) in [5.41, 5.74) is 0.901. The molecule has 0 saturated heterocycles. The maximum absolute atomic E-state index is 12.2. The molecule has 1 aromatic carbocycles. The monoisotopic (exact) mass is 340 g/mol. The van der Waals surface area contributed by atoms with Crippen molar-refractivity contribution in [1.82, 2.24) is 10.3 Å². The third kappa shape index (κ3) is 3.71. The second kappa shape index (κ2) is 6.55. The summed E-state index contributed by atoms with van der Waals surface area (Å²) in [6.45, 7) is 1.94. The number of rotatable bonds is 4. The smallest absolute Gasteiger partial charge is 0.233 e. The van der Waals surface area contributed by atoms with Crippen LogP contribution < -0.4 is 5.32 Å². The summed E-state index contributed by atoms with van der Waals surface area (Å²) in [6.07, 6.45) is 4.68. The Morgan fingerprint density at radius 3 is 3.00 bits per heavy atom. The zero-order chi connectivity index (χ0) is 14.8. The number of thioether (sulfide) groups is 1. The summed E-state index contributed by atoms with van der Waals surface area (Å²) in [4.78, 5) is 16.7. The van der Waals surface area contributed by atoms with Crippen molar-refractivity contribution >= 4 is 50.8 Å². The van der Waals surface area contributed by atoms with E-state index in [1.807, 2.05) is 25.1 Å². The first-order valence-electron chi connectivity index (χ1n) is 7.15. The maximum atomic E-state index is 12.2. The van der Waals surface area contributed by atoms with Crippen LogP contribution in [0.25, 0.3) is 10.2 Å². The van der Waals surface area contributed by atoms with Crippen LogP contribution in [0.1, 0.15) is 32.6 Å². The van der Waals surface area contributed by atoms with E-state index in [9.17, 15) is 4.79 Å². The minimum atomic E-state index is -0.123. The van der Waals surface area contributed by atoms with Crippen LogP contribution in [0.15, 0.2) is 22.5 Å². The van der Waals surface area contributed by atoms with Gasteiger partial charge < -0.3 is 5.32 Å². The number of nitrogens with one attached hydrogen (secondary N) is 1. The van der Waals surface area contributed by atoms with E-state index in [-0.39, 0.29) is 11.2 Å². The van der Waals surface area contributed by atoms with Crippen molar-refractivity contribution in [2.45, 2.75) is 48.2 Å². The Morgan fingerprint density at radius 1 is 1.48 bits per heavy atom. The van der Waals surface area contributed by atoms with E-state index in [4.69, 9.17) is 11.6 Å². The number of halogens is 1. The van der Waals surface area contributed by atoms with Gasteiger partial charge in [0.25, 0.3) is 0 Å². The third-order valence-corrected chi connectivity index (χ3v) is 6.14. The lowest BCUT2D eigenvalue weighted by Gasteiger charge is -2.15. The van der Waals surface area contributed by atoms with E-state index in [1.54, 1.807) is 11.3 Å². The Kier molecular flexibility index (Phi) is 4.72. The summed E-state index contributed by atoms with van der Waals surface area (Å²) >= 11 is 9.10. The first-order chi connectivity index (χ1) is 10.1. The average Bonchev–Trinajstić information content (AvgIpc) is 3.07. The predicted octanol–water partition coefficient (Wildman–Crippen LogP) is 4.49. The molecule has 0 radical (unpaired) electrons. The van der Waals surface area contributed by atoms with Gasteiger partial charge in [0.15, 0.2) is 4.34 Å². The van der Waals surface area contributed by atoms with E-state index in [1.165, 1.54) is 24.6 Å². The number of thiazole rings is 1. The average molecular weight is 341 g/mol. The minimum absolute atomic E-state index is 0.115. The zero-order valence-electron chi connectivity index (χ0n) is 11.8. The Balaban J connectivity index is 1.64. The molecule has 1 N–H and O–H groups in total. The van der Waals surface area contributed by atoms with Crippen molar-refractivity contribution in [2.24, 2.45) is 0 Å². The molecule has 1 amide bonds. The molecule has 1 unspecified atom stereocenters. The maximum Gasteiger partial charge on any atom is 0.233 e. The predicted molar refractivity (Wildman–Crippen MR) is 90.3 cm³/mol. The fourth-order valence-corrected chi connectivity index (χ4v) is 4.89. The molecule has 1 fully saturated rings. The Morgan fingerprint density at radius 2 is 2.24 bits per heavy atom. The van der Waals surface area contributed by atoms with Gasteiger partial charge in [-0.25, -0.2) is 4.98 Å². The van der Waals surface area contributed by atoms with Gasteiger partial charge in [0.05, 0.1) is 15.5 Å². The third-order valence-electron chi connectivity index (χ3n) is 3.68. The Hall–Kier alpha value is -0.780. The molecule has 21 heavy (non-hydrogen) atoms. The molecule has 6 heteroatoms. The molecular formula is C15H17ClN2OS2. The SMILES string of the molecule is CC(Sc1nc2cc(Cl)ccc2s1)C(=O)NC1CCCC1. The van der Waals surface area contributed by atoms with Crippen LogP contribution >= 0.6 is 34.7 Å². The first kappa shape index (κ1) is 15.1. The van der Waals surface area contributed by atoms with E-state index in [0.717, 1.165) is 27.4 Å². The molecule has 1 heterocycles. The van der Waals surface area contributed by atoms with E-state index in [2.05, 4.69) is 10.3 Å². The van der Waals surface area contributed by atoms with E-state index in [0.29, 0.717) is 11.1 Å². The number of amides is 1. The van der Waals surface area contributed by atoms with Crippen molar-refractivity contribution in [1.29, 1.82) is 0 Å². The second-order valence-electron chi connectivity index (χ2n) is 5.34. The molecule has 0 spiro atoms. The molecule has 1 aliphatic carbocycles. The quantitative estimate of drug-likeness (QED) is 0.834. The second-order valence-corrected chi connectivity index (χ2v) is 8.40. The van der Waals surface area contributed by atoms with Crippen LogP contribution in [-0.4, -0.2) is 22.2 Å². The van der Waals surface area contributed by atoms with Crippen LogP contribution in [0.2, 0.25) is 5.02 Å². The van der Waals surface area contributed by atoms with Gasteiger partial charge in [-0.1, -0.05) is 36.2 Å². The number of aromatic nitrogens is 1. The summed E-state index contributed by atoms with van der Waals surface area (Å²) in [7, 11) is 0. The molecule has 1 aromatic heterocycles. The summed E-state index contributed by atoms with van der Waals surface area (Å²) in [5.74, 6) is 0.115. The Labute approximate surface area is 137 Å². The highest BCUT2D eigenvalue weighted by atomic mass is 35.5. The van der Waals surface area contributed by atoms with Gasteiger partial charge in [-0.3, -0.25) is 4.79 Å². The molecule has 2 aromatic rings. The highest BCUT2D eigenvalue weighted by Crippen LogP contribution is 2.33. The van der Waals surface area contributed by atoms with Crippen LogP contribution in [0, 0.1) is 0 Å². The van der Waals surface area contributed by atoms with Crippen molar-refractivity contribution in [3.63, 3.8) is 0 Å². The topological polar surface area (TPSA) is 42.0 Å². The molecular weight excluding hydrogens is 324 g/mol. The standard InChI is InChI=1S/C15H17ClN2OS2/c1-9(14(19)17-11-4-2-3-5-11)20-15-18-12-8-10(16)6-7-13(12)21-15/h6-9,11H,2-5H2,1H3,(H,17,19). The summed E-state index contributed by atoms with van der Waals surface area (Å²) in [6, 6.07) is 6.07. The van der Waals surface area contributed by atoms with Gasteiger partial charge in [-0.15, -0.1) is 11.3 Å². The van der Waals surface area contributed by atoms with Crippen molar-refractivity contribution < 1.29 is 4.79 Å². The first-order valence-corrected chi connectivity index (χ1v) is 9.22. The lowest BCUT2D eigenvalue weighted by molar-refractivity contribution is -0.120. The van der Waals surface area contributed by atoms with Crippen LogP contribution in [0.4, 0.5) is 0 Å². The van der Waals surface area contributed by atoms with Gasteiger partial charge >= 0.3 is 0 Å². The van der Waals surface area contributed by atoms with Gasteiger partial charge in [0, 0.05) is 11.1 Å². The van der Waals surface area contributed by atoms with Gasteiger partial charge in [0.2, 0.25) is 5.91 Å². The van der Waals surface area contributed by atoms with Crippen LogP contribution in [0.3, 0.4) is 0 Å². The van der Waals surface area contributed by atoms with E-state index >= 15 is 0 Å². The highest BCUT2D eigenvalue weighted by molar-refractivity contribution is 8.02. The number of fused-ring (bicyclic) bond motifs is 1.